The van der Waals surface area contributed by atoms with Crippen LogP contribution < -0.4 is 10.7 Å². The predicted molar refractivity (Wildman–Crippen MR) is 100 cm³/mol. The van der Waals surface area contributed by atoms with Crippen LogP contribution in [0.3, 0.4) is 0 Å². The summed E-state index contributed by atoms with van der Waals surface area (Å²) in [5.41, 5.74) is 4.87. The molecule has 0 saturated heterocycles. The smallest absolute Gasteiger partial charge is 0.303 e. The molecule has 0 aliphatic carbocycles. The number of aromatic nitrogens is 1. The summed E-state index contributed by atoms with van der Waals surface area (Å²) >= 11 is 0. The quantitative estimate of drug-likeness (QED) is 0.488. The number of carboxylic acids is 1. The van der Waals surface area contributed by atoms with Crippen molar-refractivity contribution in [2.45, 2.75) is 26.2 Å². The van der Waals surface area contributed by atoms with E-state index in [1.807, 2.05) is 0 Å². The standard InChI is InChI=1S/C19H20N4O4/c1-13(22-23-19(27)15-4-3-11-20-12-15)14-7-9-16(10-8-14)21-17(24)5-2-6-18(25)26/h3-4,7-12H,2,5-6H2,1H3,(H,21,24)(H,23,27)(H,25,26)/b22-13-. The first-order valence-electron chi connectivity index (χ1n) is 8.32. The molecule has 0 unspecified atom stereocenters. The first-order chi connectivity index (χ1) is 13.0. The molecule has 0 spiro atoms. The topological polar surface area (TPSA) is 121 Å². The van der Waals surface area contributed by atoms with Gasteiger partial charge in [-0.25, -0.2) is 5.43 Å². The molecular weight excluding hydrogens is 348 g/mol. The number of rotatable bonds is 8. The van der Waals surface area contributed by atoms with Crippen molar-refractivity contribution in [3.63, 3.8) is 0 Å². The number of nitrogens with one attached hydrogen (secondary N) is 2. The molecule has 2 aromatic rings. The molecule has 0 bridgehead atoms. The predicted octanol–water partition coefficient (Wildman–Crippen LogP) is 2.43. The van der Waals surface area contributed by atoms with Gasteiger partial charge < -0.3 is 10.4 Å². The number of nitrogens with zero attached hydrogens (tertiary/aromatic N) is 2. The highest BCUT2D eigenvalue weighted by molar-refractivity contribution is 6.01. The second kappa shape index (κ2) is 9.81. The number of carbonyl (C=O) groups is 3. The Hall–Kier alpha value is -3.55. The van der Waals surface area contributed by atoms with Gasteiger partial charge in [-0.05, 0) is 43.2 Å². The Bertz CT molecular complexity index is 833. The van der Waals surface area contributed by atoms with Crippen LogP contribution in [0.15, 0.2) is 53.9 Å². The van der Waals surface area contributed by atoms with Crippen molar-refractivity contribution in [2.75, 3.05) is 5.32 Å². The Morgan fingerprint density at radius 2 is 1.81 bits per heavy atom. The third kappa shape index (κ3) is 6.69. The number of carboxylic acid groups (broad SMARTS) is 1. The van der Waals surface area contributed by atoms with Crippen LogP contribution in [0.25, 0.3) is 0 Å². The fourth-order valence-electron chi connectivity index (χ4n) is 2.18. The molecule has 0 saturated carbocycles. The zero-order chi connectivity index (χ0) is 19.6. The minimum Gasteiger partial charge on any atom is -0.481 e. The summed E-state index contributed by atoms with van der Waals surface area (Å²) in [4.78, 5) is 38.0. The molecule has 2 rings (SSSR count). The molecule has 0 atom stereocenters. The second-order valence-corrected chi connectivity index (χ2v) is 5.75. The van der Waals surface area contributed by atoms with Gasteiger partial charge in [0.05, 0.1) is 11.3 Å². The minimum absolute atomic E-state index is 0.0349. The molecule has 140 valence electrons. The van der Waals surface area contributed by atoms with E-state index in [4.69, 9.17) is 5.11 Å². The van der Waals surface area contributed by atoms with Gasteiger partial charge in [0.15, 0.2) is 0 Å². The lowest BCUT2D eigenvalue weighted by atomic mass is 10.1. The number of carbonyl (C=O) groups excluding carboxylic acids is 2. The van der Waals surface area contributed by atoms with Crippen LogP contribution in [-0.4, -0.2) is 33.6 Å². The summed E-state index contributed by atoms with van der Waals surface area (Å²) in [6.07, 6.45) is 3.44. The Labute approximate surface area is 156 Å². The van der Waals surface area contributed by atoms with Crippen molar-refractivity contribution in [2.24, 2.45) is 5.10 Å². The van der Waals surface area contributed by atoms with Gasteiger partial charge in [-0.2, -0.15) is 5.10 Å². The molecule has 0 aliphatic heterocycles. The van der Waals surface area contributed by atoms with Gasteiger partial charge in [0.1, 0.15) is 0 Å². The molecule has 0 fully saturated rings. The van der Waals surface area contributed by atoms with Crippen LogP contribution in [0.4, 0.5) is 5.69 Å². The van der Waals surface area contributed by atoms with E-state index in [0.29, 0.717) is 23.4 Å². The lowest BCUT2D eigenvalue weighted by Gasteiger charge is -2.07. The van der Waals surface area contributed by atoms with E-state index in [1.165, 1.54) is 6.20 Å². The Kier molecular flexibility index (Phi) is 7.18. The zero-order valence-corrected chi connectivity index (χ0v) is 14.8. The van der Waals surface area contributed by atoms with Crippen LogP contribution >= 0.6 is 0 Å². The average molecular weight is 368 g/mol. The third-order valence-electron chi connectivity index (χ3n) is 3.63. The molecule has 27 heavy (non-hydrogen) atoms. The summed E-state index contributed by atoms with van der Waals surface area (Å²) in [7, 11) is 0. The Morgan fingerprint density at radius 3 is 2.44 bits per heavy atom. The minimum atomic E-state index is -0.919. The summed E-state index contributed by atoms with van der Waals surface area (Å²) in [5.74, 6) is -1.51. The largest absolute Gasteiger partial charge is 0.481 e. The number of benzene rings is 1. The van der Waals surface area contributed by atoms with Gasteiger partial charge in [-0.1, -0.05) is 12.1 Å². The lowest BCUT2D eigenvalue weighted by Crippen LogP contribution is -2.19. The summed E-state index contributed by atoms with van der Waals surface area (Å²) in [5, 5.41) is 15.3. The van der Waals surface area contributed by atoms with Crippen molar-refractivity contribution in [3.05, 3.63) is 59.9 Å². The number of hydrogen-bond acceptors (Lipinski definition) is 5. The fraction of sp³-hybridized carbons (Fsp3) is 0.211. The monoisotopic (exact) mass is 368 g/mol. The van der Waals surface area contributed by atoms with Gasteiger partial charge in [0, 0.05) is 30.9 Å². The maximum Gasteiger partial charge on any atom is 0.303 e. The molecular formula is C19H20N4O4. The van der Waals surface area contributed by atoms with Gasteiger partial charge in [0.25, 0.3) is 5.91 Å². The van der Waals surface area contributed by atoms with Crippen molar-refractivity contribution < 1.29 is 19.5 Å². The van der Waals surface area contributed by atoms with E-state index in [0.717, 1.165) is 5.56 Å². The maximum atomic E-state index is 11.9. The summed E-state index contributed by atoms with van der Waals surface area (Å²) < 4.78 is 0. The van der Waals surface area contributed by atoms with Crippen LogP contribution in [0.1, 0.15) is 42.1 Å². The number of hydrazone groups is 1. The van der Waals surface area contributed by atoms with Gasteiger partial charge >= 0.3 is 5.97 Å². The molecule has 0 radical (unpaired) electrons. The molecule has 8 heteroatoms. The molecule has 1 aromatic heterocycles. The SMILES string of the molecule is C/C(=N/NC(=O)c1cccnc1)c1ccc(NC(=O)CCCC(=O)O)cc1. The second-order valence-electron chi connectivity index (χ2n) is 5.75. The highest BCUT2D eigenvalue weighted by atomic mass is 16.4. The van der Waals surface area contributed by atoms with Crippen molar-refractivity contribution in [3.8, 4) is 0 Å². The van der Waals surface area contributed by atoms with Crippen molar-refractivity contribution >= 4 is 29.2 Å². The molecule has 1 heterocycles. The number of aliphatic carboxylic acids is 1. The third-order valence-corrected chi connectivity index (χ3v) is 3.63. The van der Waals surface area contributed by atoms with Gasteiger partial charge in [-0.3, -0.25) is 19.4 Å². The van der Waals surface area contributed by atoms with Crippen LogP contribution in [0.2, 0.25) is 0 Å². The first kappa shape index (κ1) is 19.8. The normalized spacial score (nSPS) is 10.9. The molecule has 2 amide bonds. The van der Waals surface area contributed by atoms with E-state index in [1.54, 1.807) is 49.5 Å². The molecule has 0 aliphatic rings. The van der Waals surface area contributed by atoms with Crippen LogP contribution in [0, 0.1) is 0 Å². The summed E-state index contributed by atoms with van der Waals surface area (Å²) in [6.45, 7) is 1.75. The van der Waals surface area contributed by atoms with Crippen molar-refractivity contribution in [1.29, 1.82) is 0 Å². The van der Waals surface area contributed by atoms with E-state index in [9.17, 15) is 14.4 Å². The lowest BCUT2D eigenvalue weighted by molar-refractivity contribution is -0.137. The van der Waals surface area contributed by atoms with E-state index in [2.05, 4.69) is 20.8 Å². The maximum absolute atomic E-state index is 11.9. The van der Waals surface area contributed by atoms with Crippen LogP contribution in [0.5, 0.6) is 0 Å². The van der Waals surface area contributed by atoms with Gasteiger partial charge in [0.2, 0.25) is 5.91 Å². The van der Waals surface area contributed by atoms with E-state index >= 15 is 0 Å². The molecule has 1 aromatic carbocycles. The number of amides is 2. The highest BCUT2D eigenvalue weighted by Crippen LogP contribution is 2.11. The van der Waals surface area contributed by atoms with E-state index < -0.39 is 5.97 Å². The molecule has 3 N–H and O–H groups in total. The number of anilines is 1. The Balaban J connectivity index is 1.89. The Morgan fingerprint density at radius 1 is 1.07 bits per heavy atom. The summed E-state index contributed by atoms with van der Waals surface area (Å²) in [6, 6.07) is 10.3. The van der Waals surface area contributed by atoms with Crippen LogP contribution in [-0.2, 0) is 9.59 Å². The number of pyridine rings is 1. The van der Waals surface area contributed by atoms with Gasteiger partial charge in [-0.15, -0.1) is 0 Å². The fourth-order valence-corrected chi connectivity index (χ4v) is 2.18. The average Bonchev–Trinajstić information content (AvgIpc) is 2.66. The first-order valence-corrected chi connectivity index (χ1v) is 8.32. The molecule has 8 nitrogen and oxygen atoms in total. The van der Waals surface area contributed by atoms with Crippen molar-refractivity contribution in [1.82, 2.24) is 10.4 Å². The highest BCUT2D eigenvalue weighted by Gasteiger charge is 2.06. The zero-order valence-electron chi connectivity index (χ0n) is 14.8. The van der Waals surface area contributed by atoms with E-state index in [-0.39, 0.29) is 24.7 Å². The number of hydrogen-bond donors (Lipinski definition) is 3.